The van der Waals surface area contributed by atoms with Crippen LogP contribution in [0.5, 0.6) is 0 Å². The van der Waals surface area contributed by atoms with E-state index in [1.165, 1.54) is 0 Å². The van der Waals surface area contributed by atoms with Gasteiger partial charge in [0.2, 0.25) is 0 Å². The number of rotatable bonds is 5. The monoisotopic (exact) mass is 494 g/mol. The largest absolute Gasteiger partial charge is 0.434 e. The summed E-state index contributed by atoms with van der Waals surface area (Å²) in [5, 5.41) is 4.26. The van der Waals surface area contributed by atoms with Crippen LogP contribution < -0.4 is 0 Å². The number of carbonyl (C=O) groups excluding carboxylic acids is 1. The van der Waals surface area contributed by atoms with Gasteiger partial charge >= 0.3 is 18.4 Å². The van der Waals surface area contributed by atoms with Gasteiger partial charge in [0.05, 0.1) is 6.04 Å². The van der Waals surface area contributed by atoms with Gasteiger partial charge in [-0.15, -0.1) is 0 Å². The number of hydrazine groups is 1. The van der Waals surface area contributed by atoms with Gasteiger partial charge in [0.15, 0.2) is 0 Å². The van der Waals surface area contributed by atoms with Gasteiger partial charge in [-0.25, -0.2) is 9.80 Å². The van der Waals surface area contributed by atoms with Gasteiger partial charge in [0.25, 0.3) is 6.10 Å². The van der Waals surface area contributed by atoms with E-state index in [1.807, 2.05) is 42.3 Å². The molecule has 1 saturated heterocycles. The fourth-order valence-corrected chi connectivity index (χ4v) is 4.25. The Labute approximate surface area is 194 Å². The molecular formula is C22H28F6N4O2. The first kappa shape index (κ1) is 26.1. The number of amides is 1. The Kier molecular flexibility index (Phi) is 7.71. The van der Waals surface area contributed by atoms with Crippen molar-refractivity contribution < 1.29 is 35.9 Å². The Morgan fingerprint density at radius 1 is 1.00 bits per heavy atom. The lowest BCUT2D eigenvalue weighted by Crippen LogP contribution is -2.53. The van der Waals surface area contributed by atoms with E-state index < -0.39 is 24.5 Å². The van der Waals surface area contributed by atoms with Crippen LogP contribution in [0.25, 0.3) is 0 Å². The van der Waals surface area contributed by atoms with Crippen molar-refractivity contribution in [3.05, 3.63) is 47.7 Å². The van der Waals surface area contributed by atoms with Crippen molar-refractivity contribution in [2.24, 2.45) is 0 Å². The quantitative estimate of drug-likeness (QED) is 0.567. The molecule has 6 nitrogen and oxygen atoms in total. The number of hydrogen-bond acceptors (Lipinski definition) is 5. The average Bonchev–Trinajstić information content (AvgIpc) is 3.07. The molecule has 190 valence electrons. The lowest BCUT2D eigenvalue weighted by molar-refractivity contribution is -0.308. The Morgan fingerprint density at radius 2 is 1.56 bits per heavy atom. The van der Waals surface area contributed by atoms with Crippen molar-refractivity contribution in [3.8, 4) is 0 Å². The van der Waals surface area contributed by atoms with E-state index in [0.29, 0.717) is 19.6 Å². The van der Waals surface area contributed by atoms with E-state index in [0.717, 1.165) is 16.0 Å². The van der Waals surface area contributed by atoms with Crippen LogP contribution in [0.3, 0.4) is 0 Å². The zero-order chi connectivity index (χ0) is 25.3. The number of hydrogen-bond donors (Lipinski definition) is 0. The van der Waals surface area contributed by atoms with E-state index in [1.54, 1.807) is 0 Å². The van der Waals surface area contributed by atoms with Crippen molar-refractivity contribution in [3.63, 3.8) is 0 Å². The van der Waals surface area contributed by atoms with Crippen molar-refractivity contribution in [2.75, 3.05) is 39.8 Å². The van der Waals surface area contributed by atoms with Crippen molar-refractivity contribution >= 4 is 6.09 Å². The highest BCUT2D eigenvalue weighted by Gasteiger charge is 2.60. The molecule has 0 N–H and O–H groups in total. The van der Waals surface area contributed by atoms with Crippen molar-refractivity contribution in [1.29, 1.82) is 0 Å². The predicted octanol–water partition coefficient (Wildman–Crippen LogP) is 4.43. The molecule has 0 saturated carbocycles. The number of piperazine rings is 1. The van der Waals surface area contributed by atoms with E-state index in [4.69, 9.17) is 0 Å². The molecular weight excluding hydrogens is 466 g/mol. The molecule has 0 bridgehead atoms. The second kappa shape index (κ2) is 10.0. The van der Waals surface area contributed by atoms with Crippen LogP contribution in [-0.2, 0) is 4.74 Å². The first-order chi connectivity index (χ1) is 15.8. The lowest BCUT2D eigenvalue weighted by Gasteiger charge is -2.36. The molecule has 3 rings (SSSR count). The Morgan fingerprint density at radius 3 is 2.06 bits per heavy atom. The zero-order valence-corrected chi connectivity index (χ0v) is 19.1. The minimum atomic E-state index is -5.73. The van der Waals surface area contributed by atoms with Gasteiger partial charge in [-0.3, -0.25) is 4.90 Å². The highest BCUT2D eigenvalue weighted by molar-refractivity contribution is 5.68. The van der Waals surface area contributed by atoms with E-state index in [9.17, 15) is 31.1 Å². The Bertz CT molecular complexity index is 852. The van der Waals surface area contributed by atoms with Crippen LogP contribution in [-0.4, -0.2) is 90.2 Å². The van der Waals surface area contributed by atoms with Gasteiger partial charge < -0.3 is 14.6 Å². The van der Waals surface area contributed by atoms with Crippen LogP contribution in [0.4, 0.5) is 31.1 Å². The van der Waals surface area contributed by atoms with Crippen LogP contribution in [0.15, 0.2) is 42.1 Å². The Balaban J connectivity index is 1.63. The molecule has 0 spiro atoms. The zero-order valence-electron chi connectivity index (χ0n) is 19.1. The lowest BCUT2D eigenvalue weighted by atomic mass is 9.99. The minimum absolute atomic E-state index is 0.00840. The molecule has 1 amide bonds. The highest BCUT2D eigenvalue weighted by atomic mass is 19.4. The summed E-state index contributed by atoms with van der Waals surface area (Å²) >= 11 is 0. The number of ether oxygens (including phenoxy) is 1. The summed E-state index contributed by atoms with van der Waals surface area (Å²) in [6.07, 6.45) is -15.2. The third-order valence-electron chi connectivity index (χ3n) is 5.88. The molecule has 0 aliphatic carbocycles. The number of nitrogens with zero attached hydrogens (tertiary/aromatic N) is 4. The SMILES string of the molecule is CC(C)N1C=C(CN2CCN(C(=O)OC(C(F)(F)F)C(F)(F)F)CC2)C(c2ccccc2)N1C. The highest BCUT2D eigenvalue weighted by Crippen LogP contribution is 2.37. The first-order valence-corrected chi connectivity index (χ1v) is 10.9. The third-order valence-corrected chi connectivity index (χ3v) is 5.88. The van der Waals surface area contributed by atoms with Gasteiger partial charge in [-0.2, -0.15) is 26.3 Å². The molecule has 2 aliphatic heterocycles. The number of likely N-dealkylation sites (N-methyl/N-ethyl adjacent to an activating group) is 1. The van der Waals surface area contributed by atoms with Crippen molar-refractivity contribution in [2.45, 2.75) is 44.4 Å². The molecule has 1 aromatic rings. The third kappa shape index (κ3) is 5.96. The fourth-order valence-electron chi connectivity index (χ4n) is 4.25. The normalized spacial score (nSPS) is 20.9. The maximum atomic E-state index is 12.7. The van der Waals surface area contributed by atoms with Gasteiger partial charge in [0.1, 0.15) is 0 Å². The molecule has 1 fully saturated rings. The summed E-state index contributed by atoms with van der Waals surface area (Å²) in [6.45, 7) is 5.20. The summed E-state index contributed by atoms with van der Waals surface area (Å²) in [5.41, 5.74) is 2.21. The maximum Gasteiger partial charge on any atom is 0.434 e. The van der Waals surface area contributed by atoms with Crippen LogP contribution in [0.2, 0.25) is 0 Å². The maximum absolute atomic E-state index is 12.7. The standard InChI is InChI=1S/C22H28F6N4O2/c1-15(2)32-14-17(18(29(32)3)16-7-5-4-6-8-16)13-30-9-11-31(12-10-30)20(33)34-19(21(23,24)25)22(26,27)28/h4-8,14-15,18-19H,9-13H2,1-3H3. The number of carbonyl (C=O) groups is 1. The minimum Gasteiger partial charge on any atom is -0.426 e. The molecule has 1 atom stereocenters. The van der Waals surface area contributed by atoms with Crippen LogP contribution in [0.1, 0.15) is 25.5 Å². The van der Waals surface area contributed by atoms with Crippen LogP contribution in [0, 0.1) is 0 Å². The molecule has 12 heteroatoms. The second-order valence-electron chi connectivity index (χ2n) is 8.67. The predicted molar refractivity (Wildman–Crippen MR) is 112 cm³/mol. The molecule has 2 aliphatic rings. The van der Waals surface area contributed by atoms with Crippen molar-refractivity contribution in [1.82, 2.24) is 19.8 Å². The number of alkyl halides is 6. The number of halogens is 6. The van der Waals surface area contributed by atoms with E-state index in [2.05, 4.69) is 34.8 Å². The smallest absolute Gasteiger partial charge is 0.426 e. The topological polar surface area (TPSA) is 39.3 Å². The van der Waals surface area contributed by atoms with Gasteiger partial charge in [-0.1, -0.05) is 30.3 Å². The summed E-state index contributed by atoms with van der Waals surface area (Å²) in [7, 11) is 1.99. The fraction of sp³-hybridized carbons (Fsp3) is 0.591. The summed E-state index contributed by atoms with van der Waals surface area (Å²) in [4.78, 5) is 14.9. The van der Waals surface area contributed by atoms with Crippen LogP contribution >= 0.6 is 0 Å². The molecule has 2 heterocycles. The van der Waals surface area contributed by atoms with E-state index in [-0.39, 0.29) is 25.2 Å². The van der Waals surface area contributed by atoms with Gasteiger partial charge in [0, 0.05) is 52.0 Å². The molecule has 0 radical (unpaired) electrons. The molecule has 1 aromatic carbocycles. The van der Waals surface area contributed by atoms with E-state index >= 15 is 0 Å². The average molecular weight is 494 g/mol. The molecule has 34 heavy (non-hydrogen) atoms. The first-order valence-electron chi connectivity index (χ1n) is 10.9. The summed E-state index contributed by atoms with van der Waals surface area (Å²) in [5.74, 6) is 0. The molecule has 0 aromatic heterocycles. The summed E-state index contributed by atoms with van der Waals surface area (Å²) in [6, 6.07) is 10.1. The van der Waals surface area contributed by atoms with Gasteiger partial charge in [-0.05, 0) is 25.0 Å². The Hall–Kier alpha value is -2.47. The molecule has 1 unspecified atom stereocenters. The number of benzene rings is 1. The summed E-state index contributed by atoms with van der Waals surface area (Å²) < 4.78 is 80.0. The second-order valence-corrected chi connectivity index (χ2v) is 8.67.